The lowest BCUT2D eigenvalue weighted by Gasteiger charge is -2.34. The number of aromatic nitrogens is 2. The first-order valence-electron chi connectivity index (χ1n) is 6.69. The van der Waals surface area contributed by atoms with Crippen LogP contribution in [-0.2, 0) is 16.6 Å². The molecule has 1 saturated heterocycles. The molecule has 0 aromatic carbocycles. The van der Waals surface area contributed by atoms with E-state index in [1.54, 1.807) is 0 Å². The van der Waals surface area contributed by atoms with Crippen molar-refractivity contribution in [3.8, 4) is 0 Å². The van der Waals surface area contributed by atoms with Crippen molar-refractivity contribution >= 4 is 22.4 Å². The van der Waals surface area contributed by atoms with Gasteiger partial charge in [-0.15, -0.1) is 12.4 Å². The zero-order chi connectivity index (χ0) is 13.9. The Labute approximate surface area is 126 Å². The number of piperidine rings is 1. The normalized spacial score (nSPS) is 18.5. The van der Waals surface area contributed by atoms with Gasteiger partial charge < -0.3 is 5.32 Å². The Morgan fingerprint density at radius 1 is 1.45 bits per heavy atom. The van der Waals surface area contributed by atoms with Crippen LogP contribution in [0.15, 0.2) is 17.3 Å². The Morgan fingerprint density at radius 2 is 2.10 bits per heavy atom. The molecule has 8 heteroatoms. The van der Waals surface area contributed by atoms with Crippen LogP contribution < -0.4 is 10.0 Å². The number of aryl methyl sites for hydroxylation is 1. The lowest BCUT2D eigenvalue weighted by atomic mass is 9.81. The summed E-state index contributed by atoms with van der Waals surface area (Å²) in [6, 6.07) is 1.54. The van der Waals surface area contributed by atoms with Gasteiger partial charge in [-0.2, -0.15) is 5.10 Å². The maximum Gasteiger partial charge on any atom is 0.257 e. The SMILES string of the molecule is CCn1nccc1S(=O)(=O)NCC1(C)CCNCC1.Cl. The molecule has 2 N–H and O–H groups in total. The largest absolute Gasteiger partial charge is 0.317 e. The van der Waals surface area contributed by atoms with Gasteiger partial charge in [0.25, 0.3) is 10.0 Å². The van der Waals surface area contributed by atoms with E-state index in [4.69, 9.17) is 0 Å². The molecule has 1 aromatic rings. The van der Waals surface area contributed by atoms with Crippen molar-refractivity contribution in [3.63, 3.8) is 0 Å². The standard InChI is InChI=1S/C12H22N4O2S.ClH/c1-3-16-11(4-7-14-16)19(17,18)15-10-12(2)5-8-13-9-6-12;/h4,7,13,15H,3,5-6,8-10H2,1-2H3;1H. The summed E-state index contributed by atoms with van der Waals surface area (Å²) >= 11 is 0. The summed E-state index contributed by atoms with van der Waals surface area (Å²) < 4.78 is 28.8. The Hall–Kier alpha value is -0.630. The summed E-state index contributed by atoms with van der Waals surface area (Å²) in [5.41, 5.74) is 0.0371. The van der Waals surface area contributed by atoms with Crippen LogP contribution in [0.2, 0.25) is 0 Å². The summed E-state index contributed by atoms with van der Waals surface area (Å²) in [7, 11) is -3.47. The molecule has 2 heterocycles. The van der Waals surface area contributed by atoms with Gasteiger partial charge in [0, 0.05) is 13.1 Å². The van der Waals surface area contributed by atoms with E-state index in [1.807, 2.05) is 6.92 Å². The fraction of sp³-hybridized carbons (Fsp3) is 0.750. The van der Waals surface area contributed by atoms with Gasteiger partial charge in [-0.3, -0.25) is 4.68 Å². The second kappa shape index (κ2) is 6.89. The number of rotatable bonds is 5. The third-order valence-corrected chi connectivity index (χ3v) is 5.17. The van der Waals surface area contributed by atoms with Crippen LogP contribution in [0.1, 0.15) is 26.7 Å². The number of halogens is 1. The smallest absolute Gasteiger partial charge is 0.257 e. The van der Waals surface area contributed by atoms with E-state index in [-0.39, 0.29) is 22.8 Å². The van der Waals surface area contributed by atoms with Crippen molar-refractivity contribution in [2.24, 2.45) is 5.41 Å². The summed E-state index contributed by atoms with van der Waals surface area (Å²) in [6.07, 6.45) is 3.50. The lowest BCUT2D eigenvalue weighted by molar-refractivity contribution is 0.232. The molecular weight excluding hydrogens is 300 g/mol. The Bertz CT molecular complexity index is 523. The van der Waals surface area contributed by atoms with Gasteiger partial charge in [-0.05, 0) is 44.3 Å². The molecule has 1 aromatic heterocycles. The van der Waals surface area contributed by atoms with E-state index in [2.05, 4.69) is 22.1 Å². The van der Waals surface area contributed by atoms with Crippen LogP contribution in [0, 0.1) is 5.41 Å². The molecule has 0 unspecified atom stereocenters. The highest BCUT2D eigenvalue weighted by Gasteiger charge is 2.29. The zero-order valence-corrected chi connectivity index (χ0v) is 13.6. The van der Waals surface area contributed by atoms with E-state index in [1.165, 1.54) is 16.9 Å². The number of sulfonamides is 1. The molecule has 0 aliphatic carbocycles. The quantitative estimate of drug-likeness (QED) is 0.847. The predicted molar refractivity (Wildman–Crippen MR) is 80.5 cm³/mol. The van der Waals surface area contributed by atoms with Crippen molar-refractivity contribution in [2.75, 3.05) is 19.6 Å². The van der Waals surface area contributed by atoms with Crippen LogP contribution in [0.5, 0.6) is 0 Å². The average Bonchev–Trinajstić information content (AvgIpc) is 2.87. The summed E-state index contributed by atoms with van der Waals surface area (Å²) in [5.74, 6) is 0. The molecule has 20 heavy (non-hydrogen) atoms. The van der Waals surface area contributed by atoms with Crippen LogP contribution >= 0.6 is 12.4 Å². The van der Waals surface area contributed by atoms with Gasteiger partial charge in [0.2, 0.25) is 0 Å². The molecule has 0 bridgehead atoms. The molecule has 0 atom stereocenters. The number of nitrogens with one attached hydrogen (secondary N) is 2. The van der Waals surface area contributed by atoms with Crippen LogP contribution in [0.3, 0.4) is 0 Å². The monoisotopic (exact) mass is 322 g/mol. The molecule has 116 valence electrons. The number of hydrogen-bond acceptors (Lipinski definition) is 4. The van der Waals surface area contributed by atoms with Crippen LogP contribution in [0.4, 0.5) is 0 Å². The predicted octanol–water partition coefficient (Wildman–Crippen LogP) is 0.993. The topological polar surface area (TPSA) is 76.0 Å². The first-order valence-corrected chi connectivity index (χ1v) is 8.17. The average molecular weight is 323 g/mol. The van der Waals surface area contributed by atoms with Gasteiger partial charge in [-0.1, -0.05) is 6.92 Å². The maximum atomic E-state index is 12.3. The lowest BCUT2D eigenvalue weighted by Crippen LogP contribution is -2.43. The molecule has 2 rings (SSSR count). The third kappa shape index (κ3) is 3.94. The van der Waals surface area contributed by atoms with E-state index >= 15 is 0 Å². The van der Waals surface area contributed by atoms with Crippen molar-refractivity contribution in [2.45, 2.75) is 38.3 Å². The molecule has 1 fully saturated rings. The van der Waals surface area contributed by atoms with E-state index in [9.17, 15) is 8.42 Å². The van der Waals surface area contributed by atoms with Crippen molar-refractivity contribution < 1.29 is 8.42 Å². The third-order valence-electron chi connectivity index (χ3n) is 3.75. The van der Waals surface area contributed by atoms with E-state index in [0.717, 1.165) is 25.9 Å². The fourth-order valence-electron chi connectivity index (χ4n) is 2.34. The molecule has 0 saturated carbocycles. The van der Waals surface area contributed by atoms with E-state index in [0.29, 0.717) is 13.1 Å². The minimum Gasteiger partial charge on any atom is -0.317 e. The molecule has 0 radical (unpaired) electrons. The fourth-order valence-corrected chi connectivity index (χ4v) is 3.72. The van der Waals surface area contributed by atoms with Gasteiger partial charge in [0.05, 0.1) is 6.20 Å². The minimum absolute atomic E-state index is 0. The second-order valence-electron chi connectivity index (χ2n) is 5.37. The zero-order valence-electron chi connectivity index (χ0n) is 11.9. The Kier molecular flexibility index (Phi) is 6.00. The Morgan fingerprint density at radius 3 is 2.70 bits per heavy atom. The molecule has 6 nitrogen and oxygen atoms in total. The van der Waals surface area contributed by atoms with Crippen molar-refractivity contribution in [3.05, 3.63) is 12.3 Å². The summed E-state index contributed by atoms with van der Waals surface area (Å²) in [4.78, 5) is 0. The first kappa shape index (κ1) is 17.4. The molecule has 1 aliphatic heterocycles. The highest BCUT2D eigenvalue weighted by molar-refractivity contribution is 7.89. The highest BCUT2D eigenvalue weighted by atomic mass is 35.5. The van der Waals surface area contributed by atoms with Crippen molar-refractivity contribution in [1.82, 2.24) is 19.8 Å². The van der Waals surface area contributed by atoms with Gasteiger partial charge in [0.1, 0.15) is 0 Å². The number of nitrogens with zero attached hydrogens (tertiary/aromatic N) is 2. The highest BCUT2D eigenvalue weighted by Crippen LogP contribution is 2.27. The summed E-state index contributed by atoms with van der Waals surface area (Å²) in [6.45, 7) is 6.93. The maximum absolute atomic E-state index is 12.3. The van der Waals surface area contributed by atoms with Crippen LogP contribution in [-0.4, -0.2) is 37.8 Å². The van der Waals surface area contributed by atoms with Gasteiger partial charge in [0.15, 0.2) is 5.03 Å². The minimum atomic E-state index is -3.47. The number of hydrogen-bond donors (Lipinski definition) is 2. The second-order valence-corrected chi connectivity index (χ2v) is 7.08. The molecular formula is C12H23ClN4O2S. The Balaban J connectivity index is 0.00000200. The van der Waals surface area contributed by atoms with Gasteiger partial charge >= 0.3 is 0 Å². The molecule has 0 spiro atoms. The van der Waals surface area contributed by atoms with Crippen LogP contribution in [0.25, 0.3) is 0 Å². The first-order chi connectivity index (χ1) is 8.97. The molecule has 1 aliphatic rings. The van der Waals surface area contributed by atoms with Gasteiger partial charge in [-0.25, -0.2) is 13.1 Å². The van der Waals surface area contributed by atoms with Crippen molar-refractivity contribution in [1.29, 1.82) is 0 Å². The molecule has 0 amide bonds. The van der Waals surface area contributed by atoms with E-state index < -0.39 is 10.0 Å². The summed E-state index contributed by atoms with van der Waals surface area (Å²) in [5, 5.41) is 7.54.